The molecule has 1 unspecified atom stereocenters. The Kier molecular flexibility index (Phi) is 6.08. The number of carbonyl (C=O) groups excluding carboxylic acids is 2. The van der Waals surface area contributed by atoms with Gasteiger partial charge in [0.15, 0.2) is 0 Å². The Morgan fingerprint density at radius 3 is 2.68 bits per heavy atom. The van der Waals surface area contributed by atoms with Gasteiger partial charge in [-0.2, -0.15) is 0 Å². The number of nitrogens with zero attached hydrogens (tertiary/aromatic N) is 2. The molecular weight excluding hydrogens is 362 g/mol. The molecule has 1 saturated heterocycles. The van der Waals surface area contributed by atoms with Crippen molar-refractivity contribution in [1.82, 2.24) is 14.9 Å². The Morgan fingerprint density at radius 1 is 1.25 bits per heavy atom. The maximum atomic E-state index is 12.8. The number of aromatic nitrogens is 2. The van der Waals surface area contributed by atoms with Crippen molar-refractivity contribution in [2.24, 2.45) is 5.92 Å². The van der Waals surface area contributed by atoms with Gasteiger partial charge in [0.1, 0.15) is 17.3 Å². The molecule has 2 aromatic rings. The van der Waals surface area contributed by atoms with Crippen LogP contribution < -0.4 is 10.3 Å². The number of likely N-dealkylation sites (tertiary alicyclic amines) is 1. The Bertz CT molecular complexity index is 907. The topological polar surface area (TPSA) is 102 Å². The molecule has 0 saturated carbocycles. The summed E-state index contributed by atoms with van der Waals surface area (Å²) in [7, 11) is 2.93. The number of benzene rings is 1. The van der Waals surface area contributed by atoms with E-state index in [4.69, 9.17) is 9.47 Å². The average molecular weight is 385 g/mol. The number of carbonyl (C=O) groups is 2. The SMILES string of the molecule is COC(=O)C1CCCN(C(=O)c2cc(=O)[nH]c(Cc3ccc(OC)cc3)n2)C1. The molecule has 0 aliphatic carbocycles. The van der Waals surface area contributed by atoms with Crippen molar-refractivity contribution in [2.45, 2.75) is 19.3 Å². The molecule has 1 fully saturated rings. The molecule has 1 aromatic heterocycles. The van der Waals surface area contributed by atoms with Gasteiger partial charge in [-0.05, 0) is 30.5 Å². The Labute approximate surface area is 162 Å². The number of H-pyrrole nitrogens is 1. The molecule has 3 rings (SSSR count). The van der Waals surface area contributed by atoms with Gasteiger partial charge in [-0.3, -0.25) is 14.4 Å². The minimum Gasteiger partial charge on any atom is -0.497 e. The molecule has 0 spiro atoms. The summed E-state index contributed by atoms with van der Waals surface area (Å²) in [6.07, 6.45) is 1.76. The monoisotopic (exact) mass is 385 g/mol. The number of esters is 1. The van der Waals surface area contributed by atoms with Gasteiger partial charge in [-0.1, -0.05) is 12.1 Å². The zero-order chi connectivity index (χ0) is 20.1. The van der Waals surface area contributed by atoms with Crippen LogP contribution in [0.1, 0.15) is 34.7 Å². The largest absolute Gasteiger partial charge is 0.497 e. The number of hydrogen-bond acceptors (Lipinski definition) is 6. The predicted molar refractivity (Wildman–Crippen MR) is 101 cm³/mol. The highest BCUT2D eigenvalue weighted by molar-refractivity contribution is 5.92. The van der Waals surface area contributed by atoms with Crippen LogP contribution in [0, 0.1) is 5.92 Å². The standard InChI is InChI=1S/C20H23N3O5/c1-27-15-7-5-13(6-8-15)10-17-21-16(11-18(24)22-17)19(25)23-9-3-4-14(12-23)20(26)28-2/h5-8,11,14H,3-4,9-10,12H2,1-2H3,(H,21,22,24). The van der Waals surface area contributed by atoms with Crippen LogP contribution in [0.3, 0.4) is 0 Å². The van der Waals surface area contributed by atoms with Crippen LogP contribution in [0.25, 0.3) is 0 Å². The molecule has 1 aromatic carbocycles. The highest BCUT2D eigenvalue weighted by Crippen LogP contribution is 2.19. The van der Waals surface area contributed by atoms with Crippen molar-refractivity contribution in [1.29, 1.82) is 0 Å². The zero-order valence-corrected chi connectivity index (χ0v) is 15.9. The smallest absolute Gasteiger partial charge is 0.310 e. The first-order chi connectivity index (χ1) is 13.5. The summed E-state index contributed by atoms with van der Waals surface area (Å²) >= 11 is 0. The highest BCUT2D eigenvalue weighted by atomic mass is 16.5. The molecule has 1 aliphatic rings. The molecule has 148 valence electrons. The summed E-state index contributed by atoms with van der Waals surface area (Å²) < 4.78 is 9.92. The van der Waals surface area contributed by atoms with Crippen molar-refractivity contribution >= 4 is 11.9 Å². The third-order valence-electron chi connectivity index (χ3n) is 4.78. The van der Waals surface area contributed by atoms with Crippen LogP contribution in [-0.4, -0.2) is 54.1 Å². The van der Waals surface area contributed by atoms with Gasteiger partial charge in [0, 0.05) is 25.6 Å². The summed E-state index contributed by atoms with van der Waals surface area (Å²) in [5, 5.41) is 0. The van der Waals surface area contributed by atoms with Crippen LogP contribution in [0.2, 0.25) is 0 Å². The van der Waals surface area contributed by atoms with E-state index in [0.717, 1.165) is 11.3 Å². The van der Waals surface area contributed by atoms with Crippen LogP contribution in [-0.2, 0) is 16.0 Å². The molecule has 1 amide bonds. The van der Waals surface area contributed by atoms with Crippen molar-refractivity contribution in [3.05, 3.63) is 57.8 Å². The summed E-state index contributed by atoms with van der Waals surface area (Å²) in [5.41, 5.74) is 0.624. The molecule has 28 heavy (non-hydrogen) atoms. The van der Waals surface area contributed by atoms with Gasteiger partial charge in [0.05, 0.1) is 20.1 Å². The van der Waals surface area contributed by atoms with Gasteiger partial charge < -0.3 is 19.4 Å². The predicted octanol–water partition coefficient (Wildman–Crippen LogP) is 1.39. The minimum atomic E-state index is -0.386. The lowest BCUT2D eigenvalue weighted by Crippen LogP contribution is -2.43. The van der Waals surface area contributed by atoms with Gasteiger partial charge >= 0.3 is 5.97 Å². The third-order valence-corrected chi connectivity index (χ3v) is 4.78. The van der Waals surface area contributed by atoms with E-state index < -0.39 is 0 Å². The number of aromatic amines is 1. The number of nitrogens with one attached hydrogen (secondary N) is 1. The van der Waals surface area contributed by atoms with E-state index in [2.05, 4.69) is 9.97 Å². The Morgan fingerprint density at radius 2 is 2.00 bits per heavy atom. The molecule has 2 heterocycles. The molecule has 1 aliphatic heterocycles. The maximum Gasteiger partial charge on any atom is 0.310 e. The minimum absolute atomic E-state index is 0.0813. The number of hydrogen-bond donors (Lipinski definition) is 1. The third kappa shape index (κ3) is 4.57. The Hall–Kier alpha value is -3.16. The quantitative estimate of drug-likeness (QED) is 0.781. The lowest BCUT2D eigenvalue weighted by molar-refractivity contribution is -0.146. The van der Waals surface area contributed by atoms with Crippen molar-refractivity contribution in [2.75, 3.05) is 27.3 Å². The average Bonchev–Trinajstić information content (AvgIpc) is 2.72. The summed E-state index contributed by atoms with van der Waals surface area (Å²) in [6.45, 7) is 0.794. The van der Waals surface area contributed by atoms with Crippen LogP contribution in [0.4, 0.5) is 0 Å². The van der Waals surface area contributed by atoms with Crippen molar-refractivity contribution < 1.29 is 19.1 Å². The van der Waals surface area contributed by atoms with E-state index in [1.807, 2.05) is 24.3 Å². The summed E-state index contributed by atoms with van der Waals surface area (Å²) in [4.78, 5) is 45.3. The maximum absolute atomic E-state index is 12.8. The number of piperidine rings is 1. The van der Waals surface area contributed by atoms with Gasteiger partial charge in [0.2, 0.25) is 0 Å². The molecule has 8 heteroatoms. The number of ether oxygens (including phenoxy) is 2. The fourth-order valence-electron chi connectivity index (χ4n) is 3.32. The van der Waals surface area contributed by atoms with Crippen LogP contribution in [0.15, 0.2) is 35.1 Å². The fourth-order valence-corrected chi connectivity index (χ4v) is 3.32. The summed E-state index contributed by atoms with van der Waals surface area (Å²) in [5.74, 6) is 0.123. The number of amides is 1. The normalized spacial score (nSPS) is 16.5. The van der Waals surface area contributed by atoms with E-state index in [1.54, 1.807) is 12.0 Å². The van der Waals surface area contributed by atoms with E-state index in [-0.39, 0.29) is 35.6 Å². The summed E-state index contributed by atoms with van der Waals surface area (Å²) in [6, 6.07) is 8.59. The van der Waals surface area contributed by atoms with Gasteiger partial charge in [-0.25, -0.2) is 4.98 Å². The van der Waals surface area contributed by atoms with Crippen molar-refractivity contribution in [3.8, 4) is 5.75 Å². The molecule has 0 radical (unpaired) electrons. The van der Waals surface area contributed by atoms with E-state index >= 15 is 0 Å². The van der Waals surface area contributed by atoms with E-state index in [1.165, 1.54) is 13.2 Å². The van der Waals surface area contributed by atoms with Gasteiger partial charge in [-0.15, -0.1) is 0 Å². The van der Waals surface area contributed by atoms with E-state index in [0.29, 0.717) is 31.6 Å². The lowest BCUT2D eigenvalue weighted by atomic mass is 9.98. The second-order valence-corrected chi connectivity index (χ2v) is 6.72. The first-order valence-electron chi connectivity index (χ1n) is 9.10. The van der Waals surface area contributed by atoms with Crippen molar-refractivity contribution in [3.63, 3.8) is 0 Å². The van der Waals surface area contributed by atoms with E-state index in [9.17, 15) is 14.4 Å². The van der Waals surface area contributed by atoms with Crippen LogP contribution >= 0.6 is 0 Å². The second kappa shape index (κ2) is 8.69. The fraction of sp³-hybridized carbons (Fsp3) is 0.400. The van der Waals surface area contributed by atoms with Gasteiger partial charge in [0.25, 0.3) is 11.5 Å². The molecular formula is C20H23N3O5. The molecule has 1 N–H and O–H groups in total. The number of rotatable bonds is 5. The molecule has 1 atom stereocenters. The second-order valence-electron chi connectivity index (χ2n) is 6.72. The lowest BCUT2D eigenvalue weighted by Gasteiger charge is -2.31. The first-order valence-corrected chi connectivity index (χ1v) is 9.10. The molecule has 8 nitrogen and oxygen atoms in total. The number of methoxy groups -OCH3 is 2. The van der Waals surface area contributed by atoms with Crippen LogP contribution in [0.5, 0.6) is 5.75 Å². The zero-order valence-electron chi connectivity index (χ0n) is 15.9. The first kappa shape index (κ1) is 19.6. The highest BCUT2D eigenvalue weighted by Gasteiger charge is 2.30. The Balaban J connectivity index is 1.77. The molecule has 0 bridgehead atoms.